The number of nitrogens with two attached hydrogens (primary N) is 1. The highest BCUT2D eigenvalue weighted by molar-refractivity contribution is 6.32. The lowest BCUT2D eigenvalue weighted by atomic mass is 9.84. The Morgan fingerprint density at radius 2 is 1.83 bits per heavy atom. The molecule has 0 spiro atoms. The Kier molecular flexibility index (Phi) is 5.45. The summed E-state index contributed by atoms with van der Waals surface area (Å²) in [5.74, 6) is -0.317. The molecule has 0 fully saturated rings. The molecule has 0 amide bonds. The number of carbonyl (C=O) groups is 1. The van der Waals surface area contributed by atoms with E-state index in [0.717, 1.165) is 23.1 Å². The van der Waals surface area contributed by atoms with Gasteiger partial charge in [0.2, 0.25) is 0 Å². The normalized spacial score (nSPS) is 13.4. The fraction of sp³-hybridized carbons (Fsp3) is 0.316. The topological polar surface area (TPSA) is 52.3 Å². The second-order valence-electron chi connectivity index (χ2n) is 5.73. The highest BCUT2D eigenvalue weighted by Crippen LogP contribution is 2.37. The quantitative estimate of drug-likeness (QED) is 0.803. The third-order valence-electron chi connectivity index (χ3n) is 4.03. The third kappa shape index (κ3) is 3.74. The molecular formula is C19H22ClNO2. The van der Waals surface area contributed by atoms with E-state index < -0.39 is 5.54 Å². The number of hydrogen-bond donors (Lipinski definition) is 1. The summed E-state index contributed by atoms with van der Waals surface area (Å²) in [4.78, 5) is 11.8. The summed E-state index contributed by atoms with van der Waals surface area (Å²) in [6.45, 7) is 6.17. The molecule has 2 N–H and O–H groups in total. The van der Waals surface area contributed by atoms with Crippen LogP contribution in [0.4, 0.5) is 0 Å². The zero-order valence-corrected chi connectivity index (χ0v) is 14.5. The first kappa shape index (κ1) is 17.5. The van der Waals surface area contributed by atoms with E-state index in [1.165, 1.54) is 0 Å². The van der Waals surface area contributed by atoms with Crippen molar-refractivity contribution in [2.75, 3.05) is 6.61 Å². The van der Waals surface area contributed by atoms with Crippen molar-refractivity contribution in [3.8, 4) is 11.1 Å². The van der Waals surface area contributed by atoms with Gasteiger partial charge in [-0.2, -0.15) is 0 Å². The molecule has 0 aliphatic carbocycles. The molecule has 122 valence electrons. The molecule has 1 unspecified atom stereocenters. The number of rotatable bonds is 5. The molecule has 2 aromatic rings. The molecule has 0 aliphatic rings. The molecule has 23 heavy (non-hydrogen) atoms. The molecule has 0 saturated carbocycles. The molecule has 1 atom stereocenters. The predicted molar refractivity (Wildman–Crippen MR) is 94.7 cm³/mol. The SMILES string of the molecule is CCOC(=O)c1ccc(-c2cccc(Cl)c2C(C)(N)CC)cc1. The van der Waals surface area contributed by atoms with E-state index in [9.17, 15) is 4.79 Å². The summed E-state index contributed by atoms with van der Waals surface area (Å²) in [5, 5.41) is 0.656. The van der Waals surface area contributed by atoms with Crippen LogP contribution < -0.4 is 5.73 Å². The van der Waals surface area contributed by atoms with Gasteiger partial charge in [0.1, 0.15) is 0 Å². The first-order chi connectivity index (χ1) is 10.9. The predicted octanol–water partition coefficient (Wildman–Crippen LogP) is 4.77. The van der Waals surface area contributed by atoms with Crippen molar-refractivity contribution in [1.82, 2.24) is 0 Å². The summed E-state index contributed by atoms with van der Waals surface area (Å²) < 4.78 is 5.01. The zero-order valence-electron chi connectivity index (χ0n) is 13.7. The number of esters is 1. The van der Waals surface area contributed by atoms with Crippen molar-refractivity contribution in [2.24, 2.45) is 5.73 Å². The second kappa shape index (κ2) is 7.16. The van der Waals surface area contributed by atoms with E-state index >= 15 is 0 Å². The Morgan fingerprint density at radius 1 is 1.17 bits per heavy atom. The first-order valence-corrected chi connectivity index (χ1v) is 8.14. The lowest BCUT2D eigenvalue weighted by Crippen LogP contribution is -2.33. The van der Waals surface area contributed by atoms with Gasteiger partial charge in [-0.05, 0) is 55.2 Å². The molecule has 2 aromatic carbocycles. The van der Waals surface area contributed by atoms with E-state index in [4.69, 9.17) is 22.1 Å². The van der Waals surface area contributed by atoms with E-state index in [2.05, 4.69) is 0 Å². The average molecular weight is 332 g/mol. The van der Waals surface area contributed by atoms with Crippen molar-refractivity contribution in [1.29, 1.82) is 0 Å². The van der Waals surface area contributed by atoms with Gasteiger partial charge < -0.3 is 10.5 Å². The van der Waals surface area contributed by atoms with Gasteiger partial charge in [-0.3, -0.25) is 0 Å². The molecule has 0 heterocycles. The van der Waals surface area contributed by atoms with Crippen LogP contribution in [0.15, 0.2) is 42.5 Å². The van der Waals surface area contributed by atoms with Gasteiger partial charge in [0.25, 0.3) is 0 Å². The Bertz CT molecular complexity index is 693. The Labute approximate surface area is 142 Å². The van der Waals surface area contributed by atoms with Gasteiger partial charge in [0.05, 0.1) is 12.2 Å². The molecule has 0 aromatic heterocycles. The molecule has 0 aliphatic heterocycles. The van der Waals surface area contributed by atoms with Crippen molar-refractivity contribution in [3.05, 3.63) is 58.6 Å². The highest BCUT2D eigenvalue weighted by atomic mass is 35.5. The van der Waals surface area contributed by atoms with Gasteiger partial charge in [0.15, 0.2) is 0 Å². The van der Waals surface area contributed by atoms with Crippen molar-refractivity contribution >= 4 is 17.6 Å². The lowest BCUT2D eigenvalue weighted by molar-refractivity contribution is 0.0526. The van der Waals surface area contributed by atoms with E-state index in [1.54, 1.807) is 19.1 Å². The Balaban J connectivity index is 2.47. The largest absolute Gasteiger partial charge is 0.462 e. The molecule has 0 bridgehead atoms. The summed E-state index contributed by atoms with van der Waals surface area (Å²) in [6.07, 6.45) is 0.768. The van der Waals surface area contributed by atoms with Crippen LogP contribution in [0.3, 0.4) is 0 Å². The average Bonchev–Trinajstić information content (AvgIpc) is 2.54. The van der Waals surface area contributed by atoms with Gasteiger partial charge in [-0.25, -0.2) is 4.79 Å². The fourth-order valence-electron chi connectivity index (χ4n) is 2.52. The van der Waals surface area contributed by atoms with Gasteiger partial charge in [-0.15, -0.1) is 0 Å². The van der Waals surface area contributed by atoms with E-state index in [-0.39, 0.29) is 5.97 Å². The molecular weight excluding hydrogens is 310 g/mol. The van der Waals surface area contributed by atoms with Crippen LogP contribution in [0.2, 0.25) is 5.02 Å². The van der Waals surface area contributed by atoms with Crippen LogP contribution in [0, 0.1) is 0 Å². The zero-order chi connectivity index (χ0) is 17.0. The van der Waals surface area contributed by atoms with Gasteiger partial charge in [0, 0.05) is 10.6 Å². The summed E-state index contributed by atoms with van der Waals surface area (Å²) >= 11 is 6.41. The second-order valence-corrected chi connectivity index (χ2v) is 6.14. The van der Waals surface area contributed by atoms with E-state index in [1.807, 2.05) is 44.2 Å². The Hall–Kier alpha value is -1.84. The summed E-state index contributed by atoms with van der Waals surface area (Å²) in [6, 6.07) is 13.1. The minimum atomic E-state index is -0.520. The van der Waals surface area contributed by atoms with Crippen molar-refractivity contribution < 1.29 is 9.53 Å². The lowest BCUT2D eigenvalue weighted by Gasteiger charge is -2.27. The van der Waals surface area contributed by atoms with Crippen LogP contribution >= 0.6 is 11.6 Å². The third-order valence-corrected chi connectivity index (χ3v) is 4.34. The summed E-state index contributed by atoms with van der Waals surface area (Å²) in [5.41, 5.74) is 9.33. The monoisotopic (exact) mass is 331 g/mol. The molecule has 4 heteroatoms. The number of halogens is 1. The van der Waals surface area contributed by atoms with Gasteiger partial charge in [-0.1, -0.05) is 42.8 Å². The van der Waals surface area contributed by atoms with Gasteiger partial charge >= 0.3 is 5.97 Å². The van der Waals surface area contributed by atoms with Crippen molar-refractivity contribution in [3.63, 3.8) is 0 Å². The highest BCUT2D eigenvalue weighted by Gasteiger charge is 2.25. The fourth-order valence-corrected chi connectivity index (χ4v) is 2.91. The summed E-state index contributed by atoms with van der Waals surface area (Å²) in [7, 11) is 0. The van der Waals surface area contributed by atoms with Crippen LogP contribution in [0.1, 0.15) is 43.1 Å². The maximum absolute atomic E-state index is 11.8. The maximum atomic E-state index is 11.8. The van der Waals surface area contributed by atoms with E-state index in [0.29, 0.717) is 17.2 Å². The minimum absolute atomic E-state index is 0.317. The van der Waals surface area contributed by atoms with Crippen LogP contribution in [-0.4, -0.2) is 12.6 Å². The maximum Gasteiger partial charge on any atom is 0.338 e. The number of ether oxygens (including phenoxy) is 1. The van der Waals surface area contributed by atoms with Crippen LogP contribution in [-0.2, 0) is 10.3 Å². The molecule has 0 saturated heterocycles. The Morgan fingerprint density at radius 3 is 2.39 bits per heavy atom. The van der Waals surface area contributed by atoms with Crippen LogP contribution in [0.25, 0.3) is 11.1 Å². The number of hydrogen-bond acceptors (Lipinski definition) is 3. The molecule has 3 nitrogen and oxygen atoms in total. The van der Waals surface area contributed by atoms with Crippen LogP contribution in [0.5, 0.6) is 0 Å². The van der Waals surface area contributed by atoms with Crippen molar-refractivity contribution in [2.45, 2.75) is 32.7 Å². The standard InChI is InChI=1S/C19H22ClNO2/c1-4-19(3,21)17-15(7-6-8-16(17)20)13-9-11-14(12-10-13)18(22)23-5-2/h6-12H,4-5,21H2,1-3H3. The number of benzene rings is 2. The first-order valence-electron chi connectivity index (χ1n) is 7.76. The minimum Gasteiger partial charge on any atom is -0.462 e. The molecule has 0 radical (unpaired) electrons. The smallest absolute Gasteiger partial charge is 0.338 e. The molecule has 2 rings (SSSR count). The number of carbonyl (C=O) groups excluding carboxylic acids is 1.